The van der Waals surface area contributed by atoms with Gasteiger partial charge >= 0.3 is 6.03 Å². The Labute approximate surface area is 167 Å². The van der Waals surface area contributed by atoms with Gasteiger partial charge in [-0.1, -0.05) is 41.4 Å². The minimum atomic E-state index is -0.413. The Balaban J connectivity index is 1.75. The first kappa shape index (κ1) is 19.0. The molecule has 0 atom stereocenters. The number of halogens is 2. The Bertz CT molecular complexity index is 997. The molecule has 2 amide bonds. The van der Waals surface area contributed by atoms with Crippen LogP contribution in [0.4, 0.5) is 10.5 Å². The van der Waals surface area contributed by atoms with Gasteiger partial charge in [0, 0.05) is 27.7 Å². The molecule has 0 bridgehead atoms. The molecule has 2 aromatic carbocycles. The molecule has 0 unspecified atom stereocenters. The summed E-state index contributed by atoms with van der Waals surface area (Å²) in [5.74, 6) is 0. The van der Waals surface area contributed by atoms with Crippen molar-refractivity contribution in [1.29, 1.82) is 0 Å². The quantitative estimate of drug-likeness (QED) is 0.437. The van der Waals surface area contributed by atoms with E-state index in [-0.39, 0.29) is 0 Å². The van der Waals surface area contributed by atoms with Crippen molar-refractivity contribution in [2.24, 2.45) is 5.10 Å². The van der Waals surface area contributed by atoms with Gasteiger partial charge in [-0.15, -0.1) is 0 Å². The third-order valence-corrected chi connectivity index (χ3v) is 4.58. The van der Waals surface area contributed by atoms with Crippen molar-refractivity contribution in [1.82, 2.24) is 9.99 Å². The summed E-state index contributed by atoms with van der Waals surface area (Å²) >= 11 is 12.4. The summed E-state index contributed by atoms with van der Waals surface area (Å²) in [6.45, 7) is 3.92. The third-order valence-electron chi connectivity index (χ3n) is 4.02. The zero-order chi connectivity index (χ0) is 19.4. The second kappa shape index (κ2) is 8.29. The van der Waals surface area contributed by atoms with Crippen LogP contribution in [-0.4, -0.2) is 16.8 Å². The molecule has 3 aromatic rings. The standard InChI is InChI=1S/C20H18Cl2N4O/c1-13-10-15(12-23-25-20(27)24-17-6-4-3-5-7-17)14(2)26(13)19-11-16(21)8-9-18(19)22/h3-12H,1-2H3,(H2,24,25,27)/b23-12-. The summed E-state index contributed by atoms with van der Waals surface area (Å²) in [5, 5.41) is 7.93. The maximum atomic E-state index is 11.9. The predicted molar refractivity (Wildman–Crippen MR) is 111 cm³/mol. The number of para-hydroxylation sites is 1. The highest BCUT2D eigenvalue weighted by Crippen LogP contribution is 2.28. The SMILES string of the molecule is Cc1cc(/C=N\NC(=O)Nc2ccccc2)c(C)n1-c1cc(Cl)ccc1Cl. The predicted octanol–water partition coefficient (Wildman–Crippen LogP) is 5.56. The molecule has 7 heteroatoms. The molecule has 1 aromatic heterocycles. The van der Waals surface area contributed by atoms with Gasteiger partial charge in [0.25, 0.3) is 0 Å². The molecule has 5 nitrogen and oxygen atoms in total. The maximum absolute atomic E-state index is 11.9. The molecule has 0 aliphatic rings. The van der Waals surface area contributed by atoms with E-state index in [0.717, 1.165) is 22.6 Å². The first-order valence-electron chi connectivity index (χ1n) is 8.25. The van der Waals surface area contributed by atoms with Crippen molar-refractivity contribution in [2.75, 3.05) is 5.32 Å². The van der Waals surface area contributed by atoms with Gasteiger partial charge in [-0.2, -0.15) is 5.10 Å². The number of hydrogen-bond acceptors (Lipinski definition) is 2. The number of urea groups is 1. The molecule has 0 saturated heterocycles. The lowest BCUT2D eigenvalue weighted by atomic mass is 10.2. The van der Waals surface area contributed by atoms with Crippen LogP contribution in [0, 0.1) is 13.8 Å². The van der Waals surface area contributed by atoms with E-state index in [9.17, 15) is 4.79 Å². The summed E-state index contributed by atoms with van der Waals surface area (Å²) in [4.78, 5) is 11.9. The first-order valence-corrected chi connectivity index (χ1v) is 9.01. The van der Waals surface area contributed by atoms with E-state index in [2.05, 4.69) is 15.8 Å². The number of carbonyl (C=O) groups excluding carboxylic acids is 1. The summed E-state index contributed by atoms with van der Waals surface area (Å²) in [6.07, 6.45) is 1.60. The smallest absolute Gasteiger partial charge is 0.316 e. The van der Waals surface area contributed by atoms with Crippen LogP contribution in [0.3, 0.4) is 0 Å². The molecular weight excluding hydrogens is 383 g/mol. The Morgan fingerprint density at radius 2 is 1.81 bits per heavy atom. The number of hydrazone groups is 1. The normalized spacial score (nSPS) is 11.0. The number of aromatic nitrogens is 1. The molecular formula is C20H18Cl2N4O. The van der Waals surface area contributed by atoms with Gasteiger partial charge in [-0.25, -0.2) is 10.2 Å². The minimum Gasteiger partial charge on any atom is -0.316 e. The number of benzene rings is 2. The summed E-state index contributed by atoms with van der Waals surface area (Å²) in [5.41, 5.74) is 6.73. The van der Waals surface area contributed by atoms with Crippen LogP contribution in [0.15, 0.2) is 59.7 Å². The van der Waals surface area contributed by atoms with Crippen LogP contribution in [0.2, 0.25) is 10.0 Å². The van der Waals surface area contributed by atoms with Crippen LogP contribution >= 0.6 is 23.2 Å². The number of carbonyl (C=O) groups is 1. The van der Waals surface area contributed by atoms with Gasteiger partial charge in [-0.3, -0.25) is 0 Å². The van der Waals surface area contributed by atoms with Crippen LogP contribution in [-0.2, 0) is 0 Å². The molecule has 0 spiro atoms. The second-order valence-corrected chi connectivity index (χ2v) is 6.79. The minimum absolute atomic E-state index is 0.413. The number of nitrogens with zero attached hydrogens (tertiary/aromatic N) is 2. The largest absolute Gasteiger partial charge is 0.339 e. The van der Waals surface area contributed by atoms with Gasteiger partial charge in [0.05, 0.1) is 16.9 Å². The van der Waals surface area contributed by atoms with E-state index in [1.165, 1.54) is 0 Å². The second-order valence-electron chi connectivity index (χ2n) is 5.95. The number of rotatable bonds is 4. The fourth-order valence-electron chi connectivity index (χ4n) is 2.79. The fraction of sp³-hybridized carbons (Fsp3) is 0.100. The highest BCUT2D eigenvalue weighted by atomic mass is 35.5. The van der Waals surface area contributed by atoms with Crippen LogP contribution in [0.25, 0.3) is 5.69 Å². The Hall–Kier alpha value is -2.76. The molecule has 0 aliphatic carbocycles. The van der Waals surface area contributed by atoms with E-state index in [1.54, 1.807) is 30.5 Å². The number of amides is 2. The highest BCUT2D eigenvalue weighted by Gasteiger charge is 2.12. The molecule has 1 heterocycles. The molecule has 0 fully saturated rings. The molecule has 0 saturated carbocycles. The van der Waals surface area contributed by atoms with E-state index in [4.69, 9.17) is 23.2 Å². The van der Waals surface area contributed by atoms with E-state index in [0.29, 0.717) is 15.7 Å². The molecule has 27 heavy (non-hydrogen) atoms. The van der Waals surface area contributed by atoms with Gasteiger partial charge in [0.15, 0.2) is 0 Å². The third kappa shape index (κ3) is 4.51. The van der Waals surface area contributed by atoms with Crippen molar-refractivity contribution in [3.63, 3.8) is 0 Å². The summed E-state index contributed by atoms with van der Waals surface area (Å²) < 4.78 is 2.00. The lowest BCUT2D eigenvalue weighted by molar-refractivity contribution is 0.252. The van der Waals surface area contributed by atoms with Gasteiger partial charge < -0.3 is 9.88 Å². The van der Waals surface area contributed by atoms with Gasteiger partial charge in [-0.05, 0) is 50.2 Å². The Morgan fingerprint density at radius 1 is 1.07 bits per heavy atom. The number of anilines is 1. The molecule has 2 N–H and O–H groups in total. The van der Waals surface area contributed by atoms with Crippen molar-refractivity contribution in [3.05, 3.63) is 81.6 Å². The van der Waals surface area contributed by atoms with Crippen LogP contribution in [0.1, 0.15) is 17.0 Å². The van der Waals surface area contributed by atoms with Crippen molar-refractivity contribution in [2.45, 2.75) is 13.8 Å². The maximum Gasteiger partial charge on any atom is 0.339 e. The average Bonchev–Trinajstić information content (AvgIpc) is 2.92. The fourth-order valence-corrected chi connectivity index (χ4v) is 3.16. The van der Waals surface area contributed by atoms with Gasteiger partial charge in [0.1, 0.15) is 0 Å². The zero-order valence-electron chi connectivity index (χ0n) is 14.8. The topological polar surface area (TPSA) is 58.4 Å². The number of nitrogens with one attached hydrogen (secondary N) is 2. The monoisotopic (exact) mass is 400 g/mol. The number of aryl methyl sites for hydroxylation is 1. The summed E-state index contributed by atoms with van der Waals surface area (Å²) in [7, 11) is 0. The van der Waals surface area contributed by atoms with E-state index < -0.39 is 6.03 Å². The lowest BCUT2D eigenvalue weighted by Gasteiger charge is -2.12. The lowest BCUT2D eigenvalue weighted by Crippen LogP contribution is -2.24. The Morgan fingerprint density at radius 3 is 2.56 bits per heavy atom. The molecule has 138 valence electrons. The van der Waals surface area contributed by atoms with Crippen molar-refractivity contribution < 1.29 is 4.79 Å². The average molecular weight is 401 g/mol. The Kier molecular flexibility index (Phi) is 5.84. The van der Waals surface area contributed by atoms with Crippen LogP contribution in [0.5, 0.6) is 0 Å². The van der Waals surface area contributed by atoms with Crippen LogP contribution < -0.4 is 10.7 Å². The summed E-state index contributed by atoms with van der Waals surface area (Å²) in [6, 6.07) is 16.0. The molecule has 0 radical (unpaired) electrons. The molecule has 3 rings (SSSR count). The van der Waals surface area contributed by atoms with E-state index in [1.807, 2.05) is 48.7 Å². The van der Waals surface area contributed by atoms with Gasteiger partial charge in [0.2, 0.25) is 0 Å². The van der Waals surface area contributed by atoms with E-state index >= 15 is 0 Å². The molecule has 0 aliphatic heterocycles. The van der Waals surface area contributed by atoms with Crippen molar-refractivity contribution in [3.8, 4) is 5.69 Å². The van der Waals surface area contributed by atoms with Crippen molar-refractivity contribution >= 4 is 41.1 Å². The number of hydrogen-bond donors (Lipinski definition) is 2. The first-order chi connectivity index (χ1) is 13.0. The zero-order valence-corrected chi connectivity index (χ0v) is 16.3. The highest BCUT2D eigenvalue weighted by molar-refractivity contribution is 6.34.